The average Bonchev–Trinajstić information content (AvgIpc) is 2.99. The summed E-state index contributed by atoms with van der Waals surface area (Å²) in [7, 11) is 1.49. The van der Waals surface area contributed by atoms with Crippen molar-refractivity contribution in [2.24, 2.45) is 0 Å². The highest BCUT2D eigenvalue weighted by molar-refractivity contribution is 9.10. The van der Waals surface area contributed by atoms with E-state index in [4.69, 9.17) is 4.74 Å². The van der Waals surface area contributed by atoms with Crippen molar-refractivity contribution in [1.29, 1.82) is 0 Å². The van der Waals surface area contributed by atoms with E-state index in [2.05, 4.69) is 36.5 Å². The molecule has 3 aromatic rings. The summed E-state index contributed by atoms with van der Waals surface area (Å²) in [5.41, 5.74) is 2.10. The van der Waals surface area contributed by atoms with Crippen LogP contribution in [0.2, 0.25) is 0 Å². The highest BCUT2D eigenvalue weighted by Gasteiger charge is 2.20. The van der Waals surface area contributed by atoms with Gasteiger partial charge in [-0.3, -0.25) is 4.79 Å². The second kappa shape index (κ2) is 6.79. The van der Waals surface area contributed by atoms with Gasteiger partial charge in [-0.1, -0.05) is 23.4 Å². The summed E-state index contributed by atoms with van der Waals surface area (Å²) in [6.07, 6.45) is 0. The number of anilines is 1. The molecule has 1 N–H and O–H groups in total. The van der Waals surface area contributed by atoms with Crippen LogP contribution in [0.4, 0.5) is 5.69 Å². The Labute approximate surface area is 146 Å². The normalized spacial score (nSPS) is 10.5. The number of carbonyl (C=O) groups is 1. The maximum Gasteiger partial charge on any atom is 0.276 e. The molecule has 24 heavy (non-hydrogen) atoms. The minimum absolute atomic E-state index is 0.314. The van der Waals surface area contributed by atoms with E-state index < -0.39 is 0 Å². The van der Waals surface area contributed by atoms with Crippen LogP contribution in [0.3, 0.4) is 0 Å². The summed E-state index contributed by atoms with van der Waals surface area (Å²) in [4.78, 5) is 16.9. The van der Waals surface area contributed by atoms with Crippen molar-refractivity contribution in [2.45, 2.75) is 6.92 Å². The van der Waals surface area contributed by atoms with Crippen LogP contribution in [0.5, 0.6) is 5.88 Å². The molecule has 2 aromatic heterocycles. The van der Waals surface area contributed by atoms with Crippen LogP contribution in [0.25, 0.3) is 5.69 Å². The summed E-state index contributed by atoms with van der Waals surface area (Å²) in [6, 6.07) is 12.8. The molecule has 0 saturated heterocycles. The third kappa shape index (κ3) is 3.13. The molecule has 0 fully saturated rings. The second-order valence-electron chi connectivity index (χ2n) is 4.92. The molecule has 1 amide bonds. The number of hydrogen-bond acceptors (Lipinski definition) is 5. The number of para-hydroxylation sites is 1. The Morgan fingerprint density at radius 1 is 1.21 bits per heavy atom. The first-order valence-corrected chi connectivity index (χ1v) is 7.89. The van der Waals surface area contributed by atoms with Crippen LogP contribution < -0.4 is 10.1 Å². The minimum atomic E-state index is -0.344. The lowest BCUT2D eigenvalue weighted by Crippen LogP contribution is -2.18. The van der Waals surface area contributed by atoms with Gasteiger partial charge < -0.3 is 10.1 Å². The van der Waals surface area contributed by atoms with E-state index >= 15 is 0 Å². The minimum Gasteiger partial charge on any atom is -0.479 e. The zero-order valence-corrected chi connectivity index (χ0v) is 14.6. The van der Waals surface area contributed by atoms with E-state index in [1.54, 1.807) is 19.1 Å². The molecule has 8 heteroatoms. The van der Waals surface area contributed by atoms with Crippen LogP contribution in [0, 0.1) is 6.92 Å². The summed E-state index contributed by atoms with van der Waals surface area (Å²) < 4.78 is 7.31. The van der Waals surface area contributed by atoms with Gasteiger partial charge in [0.1, 0.15) is 10.3 Å². The lowest BCUT2D eigenvalue weighted by atomic mass is 10.2. The first kappa shape index (κ1) is 16.1. The average molecular weight is 388 g/mol. The highest BCUT2D eigenvalue weighted by atomic mass is 79.9. The lowest BCUT2D eigenvalue weighted by Gasteiger charge is -2.11. The number of methoxy groups -OCH3 is 1. The summed E-state index contributed by atoms with van der Waals surface area (Å²) >= 11 is 3.27. The van der Waals surface area contributed by atoms with Crippen molar-refractivity contribution in [2.75, 3.05) is 12.4 Å². The maximum atomic E-state index is 12.7. The Morgan fingerprint density at radius 3 is 2.67 bits per heavy atom. The largest absolute Gasteiger partial charge is 0.479 e. The Hall–Kier alpha value is -2.74. The summed E-state index contributed by atoms with van der Waals surface area (Å²) in [5.74, 6) is -0.0297. The predicted octanol–water partition coefficient (Wildman–Crippen LogP) is 2.99. The molecular weight excluding hydrogens is 374 g/mol. The van der Waals surface area contributed by atoms with E-state index in [-0.39, 0.29) is 5.91 Å². The van der Waals surface area contributed by atoms with Crippen LogP contribution in [0.1, 0.15) is 16.2 Å². The Morgan fingerprint density at radius 2 is 1.96 bits per heavy atom. The molecule has 122 valence electrons. The molecule has 0 aliphatic carbocycles. The number of benzene rings is 1. The summed E-state index contributed by atoms with van der Waals surface area (Å²) in [6.45, 7) is 1.73. The molecule has 1 aromatic carbocycles. The first-order valence-electron chi connectivity index (χ1n) is 7.09. The van der Waals surface area contributed by atoms with Crippen molar-refractivity contribution in [3.8, 4) is 11.6 Å². The van der Waals surface area contributed by atoms with Gasteiger partial charge in [-0.25, -0.2) is 9.67 Å². The number of aryl methyl sites for hydroxylation is 1. The molecular formula is C16H14BrN5O2. The van der Waals surface area contributed by atoms with Gasteiger partial charge >= 0.3 is 0 Å². The smallest absolute Gasteiger partial charge is 0.276 e. The molecule has 0 aliphatic heterocycles. The van der Waals surface area contributed by atoms with E-state index in [1.165, 1.54) is 11.8 Å². The Balaban J connectivity index is 1.96. The number of nitrogens with zero attached hydrogens (tertiary/aromatic N) is 4. The topological polar surface area (TPSA) is 81.9 Å². The molecule has 0 bridgehead atoms. The van der Waals surface area contributed by atoms with Gasteiger partial charge in [0, 0.05) is 0 Å². The molecule has 0 unspecified atom stereocenters. The molecule has 0 spiro atoms. The predicted molar refractivity (Wildman–Crippen MR) is 92.5 cm³/mol. The van der Waals surface area contributed by atoms with Gasteiger partial charge in [-0.2, -0.15) is 0 Å². The standard InChI is InChI=1S/C16H14BrN5O2/c1-10-14(22(21-20-10)11-6-4-3-5-7-11)15(23)18-12-8-9-13(17)19-16(12)24-2/h3-9H,1-2H3,(H,18,23). The Kier molecular flexibility index (Phi) is 4.57. The Bertz CT molecular complexity index is 879. The first-order chi connectivity index (χ1) is 11.6. The quantitative estimate of drug-likeness (QED) is 0.695. The third-order valence-corrected chi connectivity index (χ3v) is 3.76. The van der Waals surface area contributed by atoms with Crippen molar-refractivity contribution >= 4 is 27.5 Å². The number of rotatable bonds is 4. The second-order valence-corrected chi connectivity index (χ2v) is 5.73. The number of carbonyl (C=O) groups excluding carboxylic acids is 1. The molecule has 0 radical (unpaired) electrons. The monoisotopic (exact) mass is 387 g/mol. The molecule has 7 nitrogen and oxygen atoms in total. The zero-order valence-electron chi connectivity index (χ0n) is 13.0. The number of amides is 1. The molecule has 0 aliphatic rings. The van der Waals surface area contributed by atoms with Gasteiger partial charge in [-0.15, -0.1) is 5.10 Å². The van der Waals surface area contributed by atoms with E-state index in [1.807, 2.05) is 30.3 Å². The van der Waals surface area contributed by atoms with Crippen molar-refractivity contribution in [1.82, 2.24) is 20.0 Å². The zero-order chi connectivity index (χ0) is 17.1. The van der Waals surface area contributed by atoms with Crippen molar-refractivity contribution in [3.63, 3.8) is 0 Å². The van der Waals surface area contributed by atoms with Crippen molar-refractivity contribution in [3.05, 3.63) is 58.5 Å². The van der Waals surface area contributed by atoms with Gasteiger partial charge in [0.05, 0.1) is 18.5 Å². The number of hydrogen-bond donors (Lipinski definition) is 1. The fourth-order valence-corrected chi connectivity index (χ4v) is 2.51. The number of ether oxygens (including phenoxy) is 1. The van der Waals surface area contributed by atoms with Gasteiger partial charge in [-0.05, 0) is 47.1 Å². The van der Waals surface area contributed by atoms with E-state index in [9.17, 15) is 4.79 Å². The van der Waals surface area contributed by atoms with Crippen molar-refractivity contribution < 1.29 is 9.53 Å². The molecule has 2 heterocycles. The number of halogens is 1. The van der Waals surface area contributed by atoms with Crippen LogP contribution >= 0.6 is 15.9 Å². The highest BCUT2D eigenvalue weighted by Crippen LogP contribution is 2.25. The van der Waals surface area contributed by atoms with Gasteiger partial charge in [0.2, 0.25) is 5.88 Å². The number of nitrogens with one attached hydrogen (secondary N) is 1. The van der Waals surface area contributed by atoms with Crippen LogP contribution in [0.15, 0.2) is 47.1 Å². The fourth-order valence-electron chi connectivity index (χ4n) is 2.22. The number of pyridine rings is 1. The van der Waals surface area contributed by atoms with Crippen LogP contribution in [-0.4, -0.2) is 33.0 Å². The van der Waals surface area contributed by atoms with Gasteiger partial charge in [0.15, 0.2) is 5.69 Å². The van der Waals surface area contributed by atoms with E-state index in [0.717, 1.165) is 5.69 Å². The molecule has 3 rings (SSSR count). The fraction of sp³-hybridized carbons (Fsp3) is 0.125. The van der Waals surface area contributed by atoms with Crippen LogP contribution in [-0.2, 0) is 0 Å². The molecule has 0 atom stereocenters. The SMILES string of the molecule is COc1nc(Br)ccc1NC(=O)c1c(C)nnn1-c1ccccc1. The summed E-state index contributed by atoms with van der Waals surface area (Å²) in [5, 5.41) is 10.9. The molecule has 0 saturated carbocycles. The van der Waals surface area contributed by atoms with Gasteiger partial charge in [0.25, 0.3) is 5.91 Å². The third-order valence-electron chi connectivity index (χ3n) is 3.32. The number of aromatic nitrogens is 4. The lowest BCUT2D eigenvalue weighted by molar-refractivity contribution is 0.101. The maximum absolute atomic E-state index is 12.7. The van der Waals surface area contributed by atoms with E-state index in [0.29, 0.717) is 27.6 Å².